The third-order valence-electron chi connectivity index (χ3n) is 8.29. The Morgan fingerprint density at radius 1 is 0.778 bits per heavy atom. The molecular weight excluding hydrogens is 837 g/mol. The molecule has 1 saturated heterocycles. The molecule has 14 nitrogen and oxygen atoms in total. The van der Waals surface area contributed by atoms with Crippen LogP contribution in [0.4, 0.5) is 0 Å². The van der Waals surface area contributed by atoms with Crippen LogP contribution in [0, 0.1) is 11.8 Å². The van der Waals surface area contributed by atoms with Crippen molar-refractivity contribution in [3.63, 3.8) is 0 Å². The Balaban J connectivity index is 2.03. The van der Waals surface area contributed by atoms with Gasteiger partial charge in [0, 0.05) is 23.0 Å². The first-order chi connectivity index (χ1) is 25.8. The van der Waals surface area contributed by atoms with Gasteiger partial charge in [0.1, 0.15) is 18.4 Å². The van der Waals surface area contributed by atoms with Crippen LogP contribution >= 0.6 is 71.6 Å². The van der Waals surface area contributed by atoms with Crippen LogP contribution in [0.5, 0.6) is 0 Å². The third kappa shape index (κ3) is 12.6. The highest BCUT2D eigenvalue weighted by Gasteiger charge is 2.55. The molecule has 1 aliphatic rings. The zero-order valence-corrected chi connectivity index (χ0v) is 35.0. The van der Waals surface area contributed by atoms with Gasteiger partial charge in [-0.05, 0) is 28.5 Å². The first-order valence-corrected chi connectivity index (χ1v) is 22.9. The highest BCUT2D eigenvalue weighted by atomic mass is 33.1. The lowest BCUT2D eigenvalue weighted by atomic mass is 9.83. The summed E-state index contributed by atoms with van der Waals surface area (Å²) in [6, 6.07) is 12.4. The van der Waals surface area contributed by atoms with Gasteiger partial charge >= 0.3 is 11.9 Å². The van der Waals surface area contributed by atoms with Crippen LogP contribution in [-0.2, 0) is 48.1 Å². The van der Waals surface area contributed by atoms with Crippen LogP contribution < -0.4 is 20.1 Å². The minimum Gasteiger partial charge on any atom is -0.467 e. The average molecular weight is 879 g/mol. The van der Waals surface area contributed by atoms with Crippen molar-refractivity contribution in [1.82, 2.24) is 20.1 Å². The van der Waals surface area contributed by atoms with Crippen LogP contribution in [-0.4, -0.2) is 105 Å². The van der Waals surface area contributed by atoms with Crippen LogP contribution in [0.2, 0.25) is 0 Å². The normalized spacial score (nSPS) is 21.4. The zero-order chi connectivity index (χ0) is 39.8. The lowest BCUT2D eigenvalue weighted by Gasteiger charge is -2.41. The van der Waals surface area contributed by atoms with Gasteiger partial charge in [-0.3, -0.25) is 19.1 Å². The Kier molecular flexibility index (Phi) is 19.6. The number of methoxy groups -OCH3 is 2. The molecule has 8 atom stereocenters. The second-order valence-corrected chi connectivity index (χ2v) is 18.2. The minimum atomic E-state index is -4.45. The molecule has 2 aromatic rings. The lowest BCUT2D eigenvalue weighted by molar-refractivity contribution is -0.145. The molecule has 1 aliphatic heterocycles. The molecule has 0 aliphatic carbocycles. The summed E-state index contributed by atoms with van der Waals surface area (Å²) < 4.78 is 45.4. The molecule has 54 heavy (non-hydrogen) atoms. The third-order valence-corrected chi connectivity index (χ3v) is 15.0. The molecule has 0 bridgehead atoms. The van der Waals surface area contributed by atoms with Crippen molar-refractivity contribution in [2.24, 2.45) is 11.8 Å². The van der Waals surface area contributed by atoms with E-state index in [1.54, 1.807) is 60.7 Å². The van der Waals surface area contributed by atoms with Crippen molar-refractivity contribution in [3.8, 4) is 0 Å². The van der Waals surface area contributed by atoms with Crippen LogP contribution in [0.25, 0.3) is 0 Å². The highest BCUT2D eigenvalue weighted by molar-refractivity contribution is 8.76. The monoisotopic (exact) mass is 878 g/mol. The van der Waals surface area contributed by atoms with Crippen molar-refractivity contribution in [3.05, 3.63) is 71.8 Å². The fourth-order valence-electron chi connectivity index (χ4n) is 5.64. The Morgan fingerprint density at radius 3 is 1.67 bits per heavy atom. The number of ether oxygens (including phenoxy) is 2. The van der Waals surface area contributed by atoms with Gasteiger partial charge in [-0.1, -0.05) is 83.4 Å². The van der Waals surface area contributed by atoms with Gasteiger partial charge in [0.25, 0.3) is 0 Å². The van der Waals surface area contributed by atoms with E-state index in [2.05, 4.69) is 58.0 Å². The van der Waals surface area contributed by atoms with Gasteiger partial charge in [-0.25, -0.2) is 22.7 Å². The van der Waals surface area contributed by atoms with E-state index in [1.165, 1.54) is 0 Å². The van der Waals surface area contributed by atoms with Crippen LogP contribution in [0.15, 0.2) is 60.7 Å². The molecule has 0 aromatic heterocycles. The van der Waals surface area contributed by atoms with E-state index < -0.39 is 85.2 Å². The first-order valence-electron chi connectivity index (χ1n) is 16.2. The Labute approximate surface area is 343 Å². The molecule has 0 saturated carbocycles. The van der Waals surface area contributed by atoms with Gasteiger partial charge in [-0.15, -0.1) is 12.6 Å². The Bertz CT molecular complexity index is 1690. The van der Waals surface area contributed by atoms with Crippen LogP contribution in [0.1, 0.15) is 28.0 Å². The van der Waals surface area contributed by atoms with Crippen molar-refractivity contribution < 1.29 is 46.7 Å². The van der Waals surface area contributed by atoms with E-state index >= 15 is 0 Å². The Hall–Kier alpha value is -2.37. The molecule has 0 radical (unpaired) electrons. The van der Waals surface area contributed by atoms with Crippen molar-refractivity contribution in [1.29, 1.82) is 0 Å². The predicted molar refractivity (Wildman–Crippen MR) is 221 cm³/mol. The number of aldehydes is 1. The smallest absolute Gasteiger partial charge is 0.329 e. The lowest BCUT2D eigenvalue weighted by Crippen LogP contribution is -2.54. The summed E-state index contributed by atoms with van der Waals surface area (Å²) in [5.41, 5.74) is 0.607. The predicted octanol–water partition coefficient (Wildman–Crippen LogP) is 2.21. The van der Waals surface area contributed by atoms with Crippen molar-refractivity contribution >= 4 is 117 Å². The summed E-state index contributed by atoms with van der Waals surface area (Å²) in [5, 5.41) is 1.89. The van der Waals surface area contributed by atoms with E-state index in [-0.39, 0.29) is 29.4 Å². The molecule has 2 aromatic carbocycles. The molecule has 6 unspecified atom stereocenters. The van der Waals surface area contributed by atoms with Gasteiger partial charge in [0.05, 0.1) is 48.6 Å². The number of nitrogens with one attached hydrogen (secondary N) is 4. The number of thiol groups is 3. The number of sulfone groups is 1. The fourth-order valence-corrected chi connectivity index (χ4v) is 12.3. The van der Waals surface area contributed by atoms with E-state index in [1.807, 2.05) is 0 Å². The molecule has 3 rings (SSSR count). The van der Waals surface area contributed by atoms with Gasteiger partial charge in [0.15, 0.2) is 9.84 Å². The van der Waals surface area contributed by atoms with E-state index in [0.29, 0.717) is 17.4 Å². The standard InChI is InChI=1S/C33H42N4O10S7/c1-46-31(41)25(17-51-37-24(16-49)33(43)50)34-29(39)22-13-23(30(40)35-26(32(42)47-2)18-52-53-36-21(14-38)15-48)28(20-11-7-4-8-12-20)54(44,45)27(22)19-9-5-3-6-10-19/h3-12,14,21-28,36-37,48-49H,13,15-18H2,1-2H3,(H,34,39)(H,35,40)(H,43,50)/t21-,22?,23?,24+,25?,26?,27?,28?/m1/s1. The SMILES string of the molecule is COC(=O)C(CSN[C@@H](CS)C(=O)S)NC(=O)C1CC(C(=O)NC(CSSN[C@H](C=O)CS)C(=O)OC)C(c2ccccc2)S(=O)(=O)C1c1ccccc1. The molecular formula is C33H42N4O10S7. The Morgan fingerprint density at radius 2 is 1.26 bits per heavy atom. The fraction of sp³-hybridized carbons (Fsp3) is 0.455. The van der Waals surface area contributed by atoms with E-state index in [0.717, 1.165) is 47.9 Å². The quantitative estimate of drug-likeness (QED) is 0.0240. The molecule has 2 amide bonds. The number of esters is 2. The summed E-state index contributed by atoms with van der Waals surface area (Å²) in [6.07, 6.45) is 0.377. The number of rotatable bonds is 21. The van der Waals surface area contributed by atoms with Crippen LogP contribution in [0.3, 0.4) is 0 Å². The number of benzene rings is 2. The maximum atomic E-state index is 14.9. The number of carbonyl (C=O) groups excluding carboxylic acids is 6. The van der Waals surface area contributed by atoms with Crippen molar-refractivity contribution in [2.75, 3.05) is 37.2 Å². The summed E-state index contributed by atoms with van der Waals surface area (Å²) in [4.78, 5) is 77.2. The highest BCUT2D eigenvalue weighted by Crippen LogP contribution is 2.51. The maximum Gasteiger partial charge on any atom is 0.329 e. The molecule has 1 heterocycles. The van der Waals surface area contributed by atoms with Crippen molar-refractivity contribution in [2.45, 2.75) is 41.1 Å². The summed E-state index contributed by atoms with van der Waals surface area (Å²) in [5.74, 6) is -5.86. The molecule has 4 N–H and O–H groups in total. The number of hydrogen-bond donors (Lipinski definition) is 7. The number of amides is 2. The maximum absolute atomic E-state index is 14.9. The topological polar surface area (TPSA) is 203 Å². The number of hydrogen-bond acceptors (Lipinski definition) is 17. The first kappa shape index (κ1) is 46.0. The summed E-state index contributed by atoms with van der Waals surface area (Å²) >= 11 is 13.0. The number of carbonyl (C=O) groups is 6. The summed E-state index contributed by atoms with van der Waals surface area (Å²) in [7, 11) is -0.00480. The molecule has 1 fully saturated rings. The molecule has 0 spiro atoms. The molecule has 21 heteroatoms. The minimum absolute atomic E-state index is 0.0281. The zero-order valence-electron chi connectivity index (χ0n) is 29.1. The van der Waals surface area contributed by atoms with Gasteiger partial charge in [0.2, 0.25) is 16.9 Å². The van der Waals surface area contributed by atoms with Gasteiger partial charge < -0.3 is 24.9 Å². The summed E-state index contributed by atoms with van der Waals surface area (Å²) in [6.45, 7) is 0. The molecule has 296 valence electrons. The largest absolute Gasteiger partial charge is 0.467 e. The second-order valence-electron chi connectivity index (χ2n) is 11.8. The second kappa shape index (κ2) is 23.0. The average Bonchev–Trinajstić information content (AvgIpc) is 3.17. The van der Waals surface area contributed by atoms with E-state index in [4.69, 9.17) is 9.47 Å². The van der Waals surface area contributed by atoms with E-state index in [9.17, 15) is 37.2 Å². The van der Waals surface area contributed by atoms with Gasteiger partial charge in [-0.2, -0.15) is 25.3 Å².